The SMILES string of the molecule is CCCNCC(OCCOCC)c1cccc(Br)c1. The summed E-state index contributed by atoms with van der Waals surface area (Å²) < 4.78 is 12.3. The monoisotopic (exact) mass is 329 g/mol. The number of nitrogens with one attached hydrogen (secondary N) is 1. The first-order valence-corrected chi connectivity index (χ1v) is 7.72. The fraction of sp³-hybridized carbons (Fsp3) is 0.600. The van der Waals surface area contributed by atoms with Gasteiger partial charge in [0, 0.05) is 17.6 Å². The lowest BCUT2D eigenvalue weighted by molar-refractivity contribution is 0.00693. The molecule has 0 amide bonds. The van der Waals surface area contributed by atoms with Gasteiger partial charge in [-0.15, -0.1) is 0 Å². The van der Waals surface area contributed by atoms with E-state index in [1.165, 1.54) is 5.56 Å². The van der Waals surface area contributed by atoms with E-state index in [0.29, 0.717) is 13.2 Å². The van der Waals surface area contributed by atoms with Crippen molar-refractivity contribution in [3.05, 3.63) is 34.3 Å². The molecule has 0 saturated carbocycles. The second-order valence-electron chi connectivity index (χ2n) is 4.32. The van der Waals surface area contributed by atoms with Crippen LogP contribution in [0.15, 0.2) is 28.7 Å². The van der Waals surface area contributed by atoms with Gasteiger partial charge in [0.15, 0.2) is 0 Å². The van der Waals surface area contributed by atoms with E-state index in [-0.39, 0.29) is 6.10 Å². The first-order valence-electron chi connectivity index (χ1n) is 6.93. The van der Waals surface area contributed by atoms with Crippen molar-refractivity contribution in [3.63, 3.8) is 0 Å². The normalized spacial score (nSPS) is 12.6. The lowest BCUT2D eigenvalue weighted by Crippen LogP contribution is -2.25. The maximum atomic E-state index is 5.92. The van der Waals surface area contributed by atoms with Crippen molar-refractivity contribution in [1.29, 1.82) is 0 Å². The van der Waals surface area contributed by atoms with Gasteiger partial charge in [-0.2, -0.15) is 0 Å². The van der Waals surface area contributed by atoms with Gasteiger partial charge in [-0.3, -0.25) is 0 Å². The summed E-state index contributed by atoms with van der Waals surface area (Å²) in [5.41, 5.74) is 1.19. The summed E-state index contributed by atoms with van der Waals surface area (Å²) in [6, 6.07) is 8.28. The Morgan fingerprint density at radius 1 is 1.26 bits per heavy atom. The number of ether oxygens (including phenoxy) is 2. The largest absolute Gasteiger partial charge is 0.379 e. The summed E-state index contributed by atoms with van der Waals surface area (Å²) in [7, 11) is 0. The zero-order valence-electron chi connectivity index (χ0n) is 11.8. The highest BCUT2D eigenvalue weighted by molar-refractivity contribution is 9.10. The minimum atomic E-state index is 0.0736. The van der Waals surface area contributed by atoms with Gasteiger partial charge < -0.3 is 14.8 Å². The molecule has 1 rings (SSSR count). The van der Waals surface area contributed by atoms with Crippen molar-refractivity contribution in [2.75, 3.05) is 32.9 Å². The third kappa shape index (κ3) is 7.06. The minimum absolute atomic E-state index is 0.0736. The first-order chi connectivity index (χ1) is 9.27. The van der Waals surface area contributed by atoms with Crippen LogP contribution in [0.3, 0.4) is 0 Å². The first kappa shape index (κ1) is 16.6. The molecule has 1 unspecified atom stereocenters. The molecule has 4 heteroatoms. The van der Waals surface area contributed by atoms with Crippen LogP contribution in [0.4, 0.5) is 0 Å². The lowest BCUT2D eigenvalue weighted by atomic mass is 10.1. The van der Waals surface area contributed by atoms with Crippen LogP contribution < -0.4 is 5.32 Å². The van der Waals surface area contributed by atoms with Crippen molar-refractivity contribution < 1.29 is 9.47 Å². The Morgan fingerprint density at radius 3 is 2.79 bits per heavy atom. The van der Waals surface area contributed by atoms with E-state index in [2.05, 4.69) is 40.3 Å². The smallest absolute Gasteiger partial charge is 0.0950 e. The molecule has 19 heavy (non-hydrogen) atoms. The number of hydrogen-bond acceptors (Lipinski definition) is 3. The second-order valence-corrected chi connectivity index (χ2v) is 5.23. The molecule has 0 radical (unpaired) electrons. The van der Waals surface area contributed by atoms with E-state index < -0.39 is 0 Å². The molecule has 0 aliphatic rings. The molecule has 0 fully saturated rings. The van der Waals surface area contributed by atoms with Crippen LogP contribution in [0.5, 0.6) is 0 Å². The molecule has 0 heterocycles. The van der Waals surface area contributed by atoms with Gasteiger partial charge in [-0.25, -0.2) is 0 Å². The van der Waals surface area contributed by atoms with Crippen molar-refractivity contribution in [2.45, 2.75) is 26.4 Å². The Kier molecular flexibility index (Phi) is 9.08. The molecule has 108 valence electrons. The maximum Gasteiger partial charge on any atom is 0.0950 e. The van der Waals surface area contributed by atoms with Crippen LogP contribution >= 0.6 is 15.9 Å². The molecule has 3 nitrogen and oxygen atoms in total. The third-order valence-electron chi connectivity index (χ3n) is 2.73. The summed E-state index contributed by atoms with van der Waals surface area (Å²) >= 11 is 3.50. The van der Waals surface area contributed by atoms with E-state index in [4.69, 9.17) is 9.47 Å². The standard InChI is InChI=1S/C15H24BrNO2/c1-3-8-17-12-15(19-10-9-18-4-2)13-6-5-7-14(16)11-13/h5-7,11,15,17H,3-4,8-10,12H2,1-2H3. The Hall–Kier alpha value is -0.420. The van der Waals surface area contributed by atoms with E-state index in [9.17, 15) is 0 Å². The van der Waals surface area contributed by atoms with Gasteiger partial charge in [-0.1, -0.05) is 35.0 Å². The molecule has 0 aliphatic heterocycles. The molecule has 0 aliphatic carbocycles. The van der Waals surface area contributed by atoms with Crippen LogP contribution in [0.25, 0.3) is 0 Å². The van der Waals surface area contributed by atoms with Gasteiger partial charge in [0.05, 0.1) is 19.3 Å². The van der Waals surface area contributed by atoms with Gasteiger partial charge in [0.25, 0.3) is 0 Å². The molecule has 1 N–H and O–H groups in total. The quantitative estimate of drug-likeness (QED) is 0.666. The number of benzene rings is 1. The van der Waals surface area contributed by atoms with E-state index in [1.54, 1.807) is 0 Å². The summed E-state index contributed by atoms with van der Waals surface area (Å²) in [5, 5.41) is 3.41. The van der Waals surface area contributed by atoms with Gasteiger partial charge in [0.2, 0.25) is 0 Å². The maximum absolute atomic E-state index is 5.92. The van der Waals surface area contributed by atoms with E-state index >= 15 is 0 Å². The minimum Gasteiger partial charge on any atom is -0.379 e. The zero-order chi connectivity index (χ0) is 13.9. The zero-order valence-corrected chi connectivity index (χ0v) is 13.4. The van der Waals surface area contributed by atoms with Crippen LogP contribution in [0.1, 0.15) is 31.9 Å². The van der Waals surface area contributed by atoms with Gasteiger partial charge in [-0.05, 0) is 37.6 Å². The Labute approximate surface area is 124 Å². The van der Waals surface area contributed by atoms with Crippen molar-refractivity contribution in [3.8, 4) is 0 Å². The van der Waals surface area contributed by atoms with Crippen molar-refractivity contribution in [2.24, 2.45) is 0 Å². The average Bonchev–Trinajstić information content (AvgIpc) is 2.41. The molecule has 1 aromatic carbocycles. The molecule has 0 aromatic heterocycles. The summed E-state index contributed by atoms with van der Waals surface area (Å²) in [4.78, 5) is 0. The van der Waals surface area contributed by atoms with Crippen LogP contribution in [-0.2, 0) is 9.47 Å². The lowest BCUT2D eigenvalue weighted by Gasteiger charge is -2.19. The predicted octanol–water partition coefficient (Wildman–Crippen LogP) is 3.54. The highest BCUT2D eigenvalue weighted by atomic mass is 79.9. The third-order valence-corrected chi connectivity index (χ3v) is 3.22. The molecule has 1 atom stereocenters. The molecule has 0 bridgehead atoms. The molecular weight excluding hydrogens is 306 g/mol. The number of hydrogen-bond donors (Lipinski definition) is 1. The fourth-order valence-electron chi connectivity index (χ4n) is 1.78. The Bertz CT molecular complexity index is 347. The molecule has 1 aromatic rings. The average molecular weight is 330 g/mol. The molecule has 0 saturated heterocycles. The molecular formula is C15H24BrNO2. The van der Waals surface area contributed by atoms with Crippen molar-refractivity contribution >= 4 is 15.9 Å². The van der Waals surface area contributed by atoms with Crippen molar-refractivity contribution in [1.82, 2.24) is 5.32 Å². The van der Waals surface area contributed by atoms with Gasteiger partial charge >= 0.3 is 0 Å². The highest BCUT2D eigenvalue weighted by Crippen LogP contribution is 2.20. The Balaban J connectivity index is 2.52. The number of halogens is 1. The fourth-order valence-corrected chi connectivity index (χ4v) is 2.20. The van der Waals surface area contributed by atoms with Crippen LogP contribution in [0.2, 0.25) is 0 Å². The van der Waals surface area contributed by atoms with Gasteiger partial charge in [0.1, 0.15) is 0 Å². The summed E-state index contributed by atoms with van der Waals surface area (Å²) in [6.45, 7) is 8.01. The molecule has 0 spiro atoms. The van der Waals surface area contributed by atoms with E-state index in [1.807, 2.05) is 19.1 Å². The highest BCUT2D eigenvalue weighted by Gasteiger charge is 2.11. The van der Waals surface area contributed by atoms with Crippen LogP contribution in [-0.4, -0.2) is 32.9 Å². The summed E-state index contributed by atoms with van der Waals surface area (Å²) in [5.74, 6) is 0. The Morgan fingerprint density at radius 2 is 2.11 bits per heavy atom. The van der Waals surface area contributed by atoms with Crippen LogP contribution in [0, 0.1) is 0 Å². The summed E-state index contributed by atoms with van der Waals surface area (Å²) in [6.07, 6.45) is 1.20. The second kappa shape index (κ2) is 10.4. The topological polar surface area (TPSA) is 30.5 Å². The predicted molar refractivity (Wildman–Crippen MR) is 82.5 cm³/mol. The number of rotatable bonds is 10. The van der Waals surface area contributed by atoms with E-state index in [0.717, 1.165) is 30.6 Å².